The number of rotatable bonds is 1. The molecule has 2 rings (SSSR count). The van der Waals surface area contributed by atoms with Gasteiger partial charge in [0.2, 0.25) is 0 Å². The third kappa shape index (κ3) is 1.95. The highest BCUT2D eigenvalue weighted by molar-refractivity contribution is 5.24. The highest BCUT2D eigenvalue weighted by Crippen LogP contribution is 2.38. The first-order chi connectivity index (χ1) is 8.09. The quantitative estimate of drug-likeness (QED) is 0.724. The summed E-state index contributed by atoms with van der Waals surface area (Å²) in [5, 5.41) is 23.1. The number of nitrogens with zero attached hydrogens (tertiary/aromatic N) is 1. The maximum Gasteiger partial charge on any atom is 0.159 e. The average molecular weight is 230 g/mol. The minimum absolute atomic E-state index is 0.0389. The van der Waals surface area contributed by atoms with E-state index in [0.717, 1.165) is 5.56 Å². The lowest BCUT2D eigenvalue weighted by atomic mass is 9.71. The lowest BCUT2D eigenvalue weighted by Gasteiger charge is -2.43. The maximum atomic E-state index is 10.4. The van der Waals surface area contributed by atoms with Gasteiger partial charge >= 0.3 is 0 Å². The molecule has 90 valence electrons. The first kappa shape index (κ1) is 12.1. The summed E-state index contributed by atoms with van der Waals surface area (Å²) in [5.41, 5.74) is -0.119. The van der Waals surface area contributed by atoms with Crippen LogP contribution in [0.1, 0.15) is 25.5 Å². The van der Waals surface area contributed by atoms with Crippen LogP contribution in [0.3, 0.4) is 0 Å². The van der Waals surface area contributed by atoms with Crippen molar-refractivity contribution < 1.29 is 5.11 Å². The SMILES string of the molecule is C[C@@H]1CN[C@@H](c2ccccc2)[C@H](C)[C@]1(O)C#N. The highest BCUT2D eigenvalue weighted by Gasteiger charge is 2.47. The van der Waals surface area contributed by atoms with Crippen LogP contribution in [0.25, 0.3) is 0 Å². The van der Waals surface area contributed by atoms with Crippen molar-refractivity contribution in [1.82, 2.24) is 5.32 Å². The topological polar surface area (TPSA) is 56.0 Å². The van der Waals surface area contributed by atoms with E-state index in [-0.39, 0.29) is 17.9 Å². The van der Waals surface area contributed by atoms with Crippen LogP contribution in [0.4, 0.5) is 0 Å². The lowest BCUT2D eigenvalue weighted by Crippen LogP contribution is -2.55. The van der Waals surface area contributed by atoms with Crippen molar-refractivity contribution in [1.29, 1.82) is 5.26 Å². The van der Waals surface area contributed by atoms with Gasteiger partial charge in [0, 0.05) is 24.4 Å². The number of aliphatic hydroxyl groups is 1. The van der Waals surface area contributed by atoms with Gasteiger partial charge in [-0.05, 0) is 5.56 Å². The molecule has 0 spiro atoms. The van der Waals surface area contributed by atoms with E-state index in [0.29, 0.717) is 6.54 Å². The normalized spacial score (nSPS) is 37.4. The summed E-state index contributed by atoms with van der Waals surface area (Å²) in [5.74, 6) is -0.180. The second kappa shape index (κ2) is 4.48. The van der Waals surface area contributed by atoms with E-state index in [1.54, 1.807) is 0 Å². The predicted octanol–water partition coefficient (Wildman–Crippen LogP) is 1.86. The number of piperidine rings is 1. The standard InChI is InChI=1S/C14H18N2O/c1-10-8-16-13(11(2)14(10,17)9-15)12-6-4-3-5-7-12/h3-7,10-11,13,16-17H,8H2,1-2H3/t10-,11+,13-,14+/m1/s1. The molecule has 1 heterocycles. The molecule has 1 aliphatic rings. The monoisotopic (exact) mass is 230 g/mol. The van der Waals surface area contributed by atoms with Gasteiger partial charge in [-0.2, -0.15) is 5.26 Å². The molecule has 1 aromatic rings. The van der Waals surface area contributed by atoms with Crippen molar-refractivity contribution in [2.75, 3.05) is 6.54 Å². The van der Waals surface area contributed by atoms with E-state index in [1.165, 1.54) is 0 Å². The Balaban J connectivity index is 2.31. The summed E-state index contributed by atoms with van der Waals surface area (Å²) in [4.78, 5) is 0. The van der Waals surface area contributed by atoms with Crippen molar-refractivity contribution in [3.8, 4) is 6.07 Å². The Kier molecular flexibility index (Phi) is 3.19. The Bertz CT molecular complexity index is 426. The number of hydrogen-bond donors (Lipinski definition) is 2. The molecule has 0 bridgehead atoms. The Morgan fingerprint density at radius 3 is 2.59 bits per heavy atom. The van der Waals surface area contributed by atoms with Gasteiger partial charge < -0.3 is 10.4 Å². The summed E-state index contributed by atoms with van der Waals surface area (Å²) in [6, 6.07) is 12.1. The van der Waals surface area contributed by atoms with Gasteiger partial charge in [-0.25, -0.2) is 0 Å². The van der Waals surface area contributed by atoms with Crippen molar-refractivity contribution >= 4 is 0 Å². The molecule has 1 aromatic carbocycles. The lowest BCUT2D eigenvalue weighted by molar-refractivity contribution is -0.0446. The van der Waals surface area contributed by atoms with Crippen molar-refractivity contribution in [3.05, 3.63) is 35.9 Å². The summed E-state index contributed by atoms with van der Waals surface area (Å²) >= 11 is 0. The summed E-state index contributed by atoms with van der Waals surface area (Å²) in [6.45, 7) is 4.51. The third-order valence-electron chi connectivity index (χ3n) is 3.93. The molecule has 1 aliphatic heterocycles. The minimum Gasteiger partial charge on any atom is -0.375 e. The summed E-state index contributed by atoms with van der Waals surface area (Å²) < 4.78 is 0. The second-order valence-corrected chi connectivity index (χ2v) is 4.92. The molecule has 0 unspecified atom stereocenters. The summed E-state index contributed by atoms with van der Waals surface area (Å²) in [6.07, 6.45) is 0. The van der Waals surface area contributed by atoms with Crippen molar-refractivity contribution in [2.24, 2.45) is 11.8 Å². The second-order valence-electron chi connectivity index (χ2n) is 4.92. The molecule has 17 heavy (non-hydrogen) atoms. The van der Waals surface area contributed by atoms with Crippen LogP contribution in [-0.4, -0.2) is 17.3 Å². The highest BCUT2D eigenvalue weighted by atomic mass is 16.3. The first-order valence-electron chi connectivity index (χ1n) is 6.01. The molecule has 0 radical (unpaired) electrons. The van der Waals surface area contributed by atoms with E-state index in [9.17, 15) is 10.4 Å². The zero-order valence-corrected chi connectivity index (χ0v) is 10.2. The van der Waals surface area contributed by atoms with E-state index in [2.05, 4.69) is 11.4 Å². The van der Waals surface area contributed by atoms with Crippen molar-refractivity contribution in [2.45, 2.75) is 25.5 Å². The molecule has 0 aliphatic carbocycles. The fourth-order valence-corrected chi connectivity index (χ4v) is 2.62. The average Bonchev–Trinajstić information content (AvgIpc) is 2.37. The van der Waals surface area contributed by atoms with Crippen LogP contribution in [0.5, 0.6) is 0 Å². The smallest absolute Gasteiger partial charge is 0.159 e. The van der Waals surface area contributed by atoms with Crippen molar-refractivity contribution in [3.63, 3.8) is 0 Å². The molecule has 1 fully saturated rings. The third-order valence-corrected chi connectivity index (χ3v) is 3.93. The van der Waals surface area contributed by atoms with Gasteiger partial charge in [0.1, 0.15) is 0 Å². The summed E-state index contributed by atoms with van der Waals surface area (Å²) in [7, 11) is 0. The Morgan fingerprint density at radius 2 is 2.00 bits per heavy atom. The van der Waals surface area contributed by atoms with Gasteiger partial charge in [-0.1, -0.05) is 44.2 Å². The van der Waals surface area contributed by atoms with Crippen LogP contribution in [0, 0.1) is 23.2 Å². The minimum atomic E-state index is -1.24. The molecule has 3 heteroatoms. The number of nitrogens with one attached hydrogen (secondary N) is 1. The molecule has 0 saturated carbocycles. The molecular formula is C14H18N2O. The molecule has 0 amide bonds. The predicted molar refractivity (Wildman–Crippen MR) is 66.1 cm³/mol. The van der Waals surface area contributed by atoms with E-state index in [4.69, 9.17) is 0 Å². The molecule has 4 atom stereocenters. The molecule has 0 aromatic heterocycles. The van der Waals surface area contributed by atoms with Crippen LogP contribution in [-0.2, 0) is 0 Å². The van der Waals surface area contributed by atoms with Crippen LogP contribution in [0.2, 0.25) is 0 Å². The fraction of sp³-hybridized carbons (Fsp3) is 0.500. The van der Waals surface area contributed by atoms with Gasteiger partial charge in [0.05, 0.1) is 6.07 Å². The zero-order chi connectivity index (χ0) is 12.5. The molecule has 2 N–H and O–H groups in total. The Hall–Kier alpha value is -1.37. The van der Waals surface area contributed by atoms with Gasteiger partial charge in [0.15, 0.2) is 5.60 Å². The van der Waals surface area contributed by atoms with Crippen LogP contribution < -0.4 is 5.32 Å². The van der Waals surface area contributed by atoms with Gasteiger partial charge in [-0.15, -0.1) is 0 Å². The Morgan fingerprint density at radius 1 is 1.35 bits per heavy atom. The van der Waals surface area contributed by atoms with E-state index in [1.807, 2.05) is 44.2 Å². The van der Waals surface area contributed by atoms with E-state index >= 15 is 0 Å². The van der Waals surface area contributed by atoms with E-state index < -0.39 is 5.60 Å². The Labute approximate surface area is 102 Å². The molecule has 3 nitrogen and oxygen atoms in total. The first-order valence-corrected chi connectivity index (χ1v) is 6.01. The van der Waals surface area contributed by atoms with Crippen LogP contribution in [0.15, 0.2) is 30.3 Å². The van der Waals surface area contributed by atoms with Crippen LogP contribution >= 0.6 is 0 Å². The van der Waals surface area contributed by atoms with Gasteiger partial charge in [-0.3, -0.25) is 0 Å². The molecule has 1 saturated heterocycles. The number of benzene rings is 1. The fourth-order valence-electron chi connectivity index (χ4n) is 2.62. The largest absolute Gasteiger partial charge is 0.375 e. The van der Waals surface area contributed by atoms with Gasteiger partial charge in [0.25, 0.3) is 0 Å². The number of hydrogen-bond acceptors (Lipinski definition) is 3. The molecular weight excluding hydrogens is 212 g/mol. The number of nitriles is 1. The zero-order valence-electron chi connectivity index (χ0n) is 10.2. The maximum absolute atomic E-state index is 10.4.